The van der Waals surface area contributed by atoms with Crippen molar-refractivity contribution in [1.29, 1.82) is 0 Å². The Labute approximate surface area is 133 Å². The van der Waals surface area contributed by atoms with Gasteiger partial charge in [0.2, 0.25) is 0 Å². The molecule has 1 aromatic rings. The fourth-order valence-corrected chi connectivity index (χ4v) is 4.84. The van der Waals surface area contributed by atoms with Gasteiger partial charge in [-0.2, -0.15) is 0 Å². The van der Waals surface area contributed by atoms with E-state index in [1.807, 2.05) is 0 Å². The summed E-state index contributed by atoms with van der Waals surface area (Å²) >= 11 is 11.6. The Morgan fingerprint density at radius 2 is 1.95 bits per heavy atom. The van der Waals surface area contributed by atoms with Crippen molar-refractivity contribution in [2.45, 2.75) is 18.9 Å². The van der Waals surface area contributed by atoms with Gasteiger partial charge in [-0.3, -0.25) is 4.79 Å². The van der Waals surface area contributed by atoms with Crippen molar-refractivity contribution >= 4 is 38.9 Å². The number of ether oxygens (including phenoxy) is 1. The normalized spacial score (nSPS) is 23.8. The Kier molecular flexibility index (Phi) is 4.70. The molecule has 0 spiro atoms. The van der Waals surface area contributed by atoms with Crippen LogP contribution >= 0.6 is 23.2 Å². The lowest BCUT2D eigenvalue weighted by atomic mass is 10.0. The second-order valence-corrected chi connectivity index (χ2v) is 8.40. The number of hydrogen-bond acceptors (Lipinski definition) is 4. The first-order chi connectivity index (χ1) is 9.67. The Hall–Kier alpha value is -0.980. The van der Waals surface area contributed by atoms with Gasteiger partial charge < -0.3 is 10.1 Å². The zero-order valence-corrected chi connectivity index (χ0v) is 13.7. The molecule has 1 aromatic carbocycles. The minimum Gasteiger partial charge on any atom is -0.484 e. The molecule has 0 aromatic heterocycles. The van der Waals surface area contributed by atoms with Gasteiger partial charge in [0.15, 0.2) is 16.4 Å². The molecule has 1 aliphatic heterocycles. The second-order valence-electron chi connectivity index (χ2n) is 5.34. The van der Waals surface area contributed by atoms with E-state index in [1.54, 1.807) is 25.1 Å². The maximum Gasteiger partial charge on any atom is 0.258 e. The molecule has 1 saturated heterocycles. The molecule has 0 saturated carbocycles. The lowest BCUT2D eigenvalue weighted by molar-refractivity contribution is -0.124. The van der Waals surface area contributed by atoms with Crippen molar-refractivity contribution in [3.05, 3.63) is 28.2 Å². The molecule has 0 unspecified atom stereocenters. The highest BCUT2D eigenvalue weighted by Gasteiger charge is 2.39. The molecule has 1 N–H and O–H groups in total. The van der Waals surface area contributed by atoms with E-state index in [2.05, 4.69) is 5.32 Å². The number of benzene rings is 1. The van der Waals surface area contributed by atoms with Crippen LogP contribution in [0.4, 0.5) is 0 Å². The Morgan fingerprint density at radius 3 is 2.48 bits per heavy atom. The Balaban J connectivity index is 1.91. The molecule has 0 radical (unpaired) electrons. The van der Waals surface area contributed by atoms with E-state index in [-0.39, 0.29) is 24.0 Å². The van der Waals surface area contributed by atoms with Gasteiger partial charge in [-0.1, -0.05) is 23.2 Å². The van der Waals surface area contributed by atoms with Gasteiger partial charge in [0.1, 0.15) is 5.75 Å². The SMILES string of the molecule is C[C@]1(NC(=O)COc2cc(Cl)cc(Cl)c2)CCS(=O)(=O)C1. The molecule has 0 aliphatic carbocycles. The first-order valence-corrected chi connectivity index (χ1v) is 8.86. The van der Waals surface area contributed by atoms with Crippen LogP contribution in [0.5, 0.6) is 5.75 Å². The number of halogens is 2. The molecule has 1 heterocycles. The monoisotopic (exact) mass is 351 g/mol. The van der Waals surface area contributed by atoms with Crippen molar-refractivity contribution in [2.75, 3.05) is 18.1 Å². The van der Waals surface area contributed by atoms with Gasteiger partial charge in [0.25, 0.3) is 5.91 Å². The number of hydrogen-bond donors (Lipinski definition) is 1. The average Bonchev–Trinajstić information content (AvgIpc) is 2.59. The molecule has 2 rings (SSSR count). The zero-order valence-electron chi connectivity index (χ0n) is 11.4. The van der Waals surface area contributed by atoms with Crippen LogP contribution in [0.2, 0.25) is 10.0 Å². The van der Waals surface area contributed by atoms with Gasteiger partial charge in [-0.05, 0) is 31.5 Å². The van der Waals surface area contributed by atoms with Crippen LogP contribution in [0.15, 0.2) is 18.2 Å². The van der Waals surface area contributed by atoms with E-state index in [0.29, 0.717) is 22.2 Å². The highest BCUT2D eigenvalue weighted by Crippen LogP contribution is 2.25. The van der Waals surface area contributed by atoms with Gasteiger partial charge in [-0.25, -0.2) is 8.42 Å². The van der Waals surface area contributed by atoms with Crippen molar-refractivity contribution in [1.82, 2.24) is 5.32 Å². The van der Waals surface area contributed by atoms with Crippen molar-refractivity contribution in [2.24, 2.45) is 0 Å². The van der Waals surface area contributed by atoms with Crippen molar-refractivity contribution in [3.8, 4) is 5.75 Å². The van der Waals surface area contributed by atoms with Crippen LogP contribution in [0, 0.1) is 0 Å². The summed E-state index contributed by atoms with van der Waals surface area (Å²) in [6, 6.07) is 4.64. The van der Waals surface area contributed by atoms with Gasteiger partial charge >= 0.3 is 0 Å². The molecule has 1 fully saturated rings. The fraction of sp³-hybridized carbons (Fsp3) is 0.462. The lowest BCUT2D eigenvalue weighted by Gasteiger charge is -2.23. The number of sulfone groups is 1. The van der Waals surface area contributed by atoms with E-state index in [0.717, 1.165) is 0 Å². The summed E-state index contributed by atoms with van der Waals surface area (Å²) in [6.07, 6.45) is 0.407. The van der Waals surface area contributed by atoms with E-state index < -0.39 is 15.4 Å². The first-order valence-electron chi connectivity index (χ1n) is 6.28. The van der Waals surface area contributed by atoms with Crippen LogP contribution in [0.25, 0.3) is 0 Å². The lowest BCUT2D eigenvalue weighted by Crippen LogP contribution is -2.48. The van der Waals surface area contributed by atoms with Gasteiger partial charge in [0.05, 0.1) is 17.0 Å². The summed E-state index contributed by atoms with van der Waals surface area (Å²) < 4.78 is 28.2. The van der Waals surface area contributed by atoms with E-state index in [4.69, 9.17) is 27.9 Å². The summed E-state index contributed by atoms with van der Waals surface area (Å²) in [6.45, 7) is 1.48. The predicted octanol–water partition coefficient (Wildman–Crippen LogP) is 2.07. The van der Waals surface area contributed by atoms with Crippen molar-refractivity contribution < 1.29 is 17.9 Å². The Bertz CT molecular complexity index is 642. The third-order valence-electron chi connectivity index (χ3n) is 3.15. The molecule has 21 heavy (non-hydrogen) atoms. The smallest absolute Gasteiger partial charge is 0.258 e. The standard InChI is InChI=1S/C13H15Cl2NO4S/c1-13(2-3-21(18,19)8-13)16-12(17)7-20-11-5-9(14)4-10(15)6-11/h4-6H,2-3,7-8H2,1H3,(H,16,17)/t13-/m0/s1. The summed E-state index contributed by atoms with van der Waals surface area (Å²) in [7, 11) is -3.07. The first kappa shape index (κ1) is 16.4. The van der Waals surface area contributed by atoms with Crippen molar-refractivity contribution in [3.63, 3.8) is 0 Å². The van der Waals surface area contributed by atoms with Crippen LogP contribution in [0.1, 0.15) is 13.3 Å². The quantitative estimate of drug-likeness (QED) is 0.900. The van der Waals surface area contributed by atoms with Crippen LogP contribution in [-0.4, -0.2) is 38.0 Å². The number of rotatable bonds is 4. The third kappa shape index (κ3) is 4.76. The summed E-state index contributed by atoms with van der Waals surface area (Å²) in [5.41, 5.74) is -0.731. The molecule has 0 bridgehead atoms. The number of carbonyl (C=O) groups excluding carboxylic acids is 1. The summed E-state index contributed by atoms with van der Waals surface area (Å²) in [4.78, 5) is 11.9. The molecular formula is C13H15Cl2NO4S. The molecule has 5 nitrogen and oxygen atoms in total. The molecule has 1 atom stereocenters. The highest BCUT2D eigenvalue weighted by atomic mass is 35.5. The molecular weight excluding hydrogens is 337 g/mol. The highest BCUT2D eigenvalue weighted by molar-refractivity contribution is 7.91. The maximum atomic E-state index is 11.9. The molecule has 116 valence electrons. The minimum absolute atomic E-state index is 0.0469. The maximum absolute atomic E-state index is 11.9. The summed E-state index contributed by atoms with van der Waals surface area (Å²) in [5.74, 6) is 0.0426. The van der Waals surface area contributed by atoms with Gasteiger partial charge in [-0.15, -0.1) is 0 Å². The summed E-state index contributed by atoms with van der Waals surface area (Å²) in [5, 5.41) is 3.52. The Morgan fingerprint density at radius 1 is 1.33 bits per heavy atom. The fourth-order valence-electron chi connectivity index (χ4n) is 2.24. The third-order valence-corrected chi connectivity index (χ3v) is 5.49. The average molecular weight is 352 g/mol. The second kappa shape index (κ2) is 6.02. The largest absolute Gasteiger partial charge is 0.484 e. The van der Waals surface area contributed by atoms with Gasteiger partial charge in [0, 0.05) is 10.0 Å². The minimum atomic E-state index is -3.07. The number of carbonyl (C=O) groups is 1. The molecule has 8 heteroatoms. The van der Waals surface area contributed by atoms with Crippen LogP contribution in [-0.2, 0) is 14.6 Å². The van der Waals surface area contributed by atoms with E-state index in [1.165, 1.54) is 0 Å². The molecule has 1 amide bonds. The zero-order chi connectivity index (χ0) is 15.7. The van der Waals surface area contributed by atoms with Crippen LogP contribution < -0.4 is 10.1 Å². The predicted molar refractivity (Wildman–Crippen MR) is 81.8 cm³/mol. The van der Waals surface area contributed by atoms with E-state index >= 15 is 0 Å². The van der Waals surface area contributed by atoms with E-state index in [9.17, 15) is 13.2 Å². The number of amides is 1. The number of nitrogens with one attached hydrogen (secondary N) is 1. The topological polar surface area (TPSA) is 72.5 Å². The molecule has 1 aliphatic rings. The van der Waals surface area contributed by atoms with Crippen LogP contribution in [0.3, 0.4) is 0 Å².